The van der Waals surface area contributed by atoms with Crippen LogP contribution in [0.3, 0.4) is 0 Å². The molecular formula is C38H42N2O12S2. The van der Waals surface area contributed by atoms with Gasteiger partial charge in [-0.1, -0.05) is 44.2 Å². The highest BCUT2D eigenvalue weighted by Gasteiger charge is 2.33. The summed E-state index contributed by atoms with van der Waals surface area (Å²) in [6.45, 7) is 6.77. The van der Waals surface area contributed by atoms with E-state index in [1.807, 2.05) is 45.9 Å². The van der Waals surface area contributed by atoms with E-state index in [4.69, 9.17) is 27.9 Å². The normalized spacial score (nSPS) is 14.6. The number of ether oxygens (including phenoxy) is 5. The van der Waals surface area contributed by atoms with Crippen molar-refractivity contribution in [2.75, 3.05) is 33.3 Å². The number of benzene rings is 4. The predicted molar refractivity (Wildman–Crippen MR) is 196 cm³/mol. The van der Waals surface area contributed by atoms with E-state index in [0.717, 1.165) is 11.1 Å². The van der Waals surface area contributed by atoms with Gasteiger partial charge in [0.1, 0.15) is 16.4 Å². The summed E-state index contributed by atoms with van der Waals surface area (Å²) in [4.78, 5) is 13.2. The van der Waals surface area contributed by atoms with Crippen molar-refractivity contribution < 1.29 is 54.6 Å². The largest absolute Gasteiger partial charge is 0.483 e. The maximum Gasteiger partial charge on any atom is 0.339 e. The van der Waals surface area contributed by atoms with Crippen LogP contribution >= 0.6 is 0 Å². The van der Waals surface area contributed by atoms with Crippen LogP contribution in [0.2, 0.25) is 0 Å². The van der Waals surface area contributed by atoms with E-state index in [0.29, 0.717) is 28.6 Å². The first-order chi connectivity index (χ1) is 25.7. The molecule has 4 aromatic carbocycles. The molecular weight excluding hydrogens is 741 g/mol. The molecule has 0 saturated heterocycles. The minimum atomic E-state index is -4.22. The number of sulfonamides is 1. The van der Waals surface area contributed by atoms with E-state index in [1.165, 1.54) is 52.8 Å². The summed E-state index contributed by atoms with van der Waals surface area (Å²) in [5.74, 6) is 1.38. The average Bonchev–Trinajstić information content (AvgIpc) is 3.80. The standard InChI is InChI=1S/C38H42N2O12S2/c1-24(2)19-40(53(43,44)29-12-14-33-35(17-29)50-22-48-33)20-32(41)31(39-37(42)21-47-38-25(3)6-5-7-26(38)4)16-27-8-10-28(11-9-27)52-54(45,46)30-13-15-34-36(18-30)51-23-49-34/h5-15,17-18,24,31-32,41H,16,19-23H2,1-4H3,(H,39,42)/t31-,32+/m0/s1. The van der Waals surface area contributed by atoms with Gasteiger partial charge in [0.25, 0.3) is 5.91 Å². The highest BCUT2D eigenvalue weighted by Crippen LogP contribution is 2.36. The lowest BCUT2D eigenvalue weighted by molar-refractivity contribution is -0.124. The van der Waals surface area contributed by atoms with Crippen molar-refractivity contribution in [2.45, 2.75) is 56.1 Å². The number of aliphatic hydroxyl groups is 1. The van der Waals surface area contributed by atoms with Crippen LogP contribution in [0.5, 0.6) is 34.5 Å². The molecule has 54 heavy (non-hydrogen) atoms. The molecule has 0 spiro atoms. The molecule has 6 rings (SSSR count). The number of nitrogens with one attached hydrogen (secondary N) is 1. The molecule has 16 heteroatoms. The second-order valence-electron chi connectivity index (χ2n) is 13.4. The Morgan fingerprint density at radius 3 is 1.98 bits per heavy atom. The number of para-hydroxylation sites is 1. The number of hydrogen-bond donors (Lipinski definition) is 2. The average molecular weight is 783 g/mol. The quantitative estimate of drug-likeness (QED) is 0.154. The first kappa shape index (κ1) is 38.7. The fourth-order valence-electron chi connectivity index (χ4n) is 6.04. The van der Waals surface area contributed by atoms with Crippen LogP contribution in [0.1, 0.15) is 30.5 Å². The summed E-state index contributed by atoms with van der Waals surface area (Å²) in [5, 5.41) is 14.5. The van der Waals surface area contributed by atoms with Crippen molar-refractivity contribution in [1.29, 1.82) is 0 Å². The third kappa shape index (κ3) is 9.01. The number of nitrogens with zero attached hydrogens (tertiary/aromatic N) is 1. The van der Waals surface area contributed by atoms with Gasteiger partial charge >= 0.3 is 10.1 Å². The van der Waals surface area contributed by atoms with Gasteiger partial charge in [-0.2, -0.15) is 12.7 Å². The minimum Gasteiger partial charge on any atom is -0.483 e. The molecule has 0 radical (unpaired) electrons. The molecule has 288 valence electrons. The molecule has 0 fully saturated rings. The number of hydrogen-bond acceptors (Lipinski definition) is 12. The Morgan fingerprint density at radius 1 is 0.796 bits per heavy atom. The van der Waals surface area contributed by atoms with Crippen LogP contribution in [-0.2, 0) is 31.4 Å². The second-order valence-corrected chi connectivity index (χ2v) is 16.9. The van der Waals surface area contributed by atoms with Gasteiger partial charge < -0.3 is 38.3 Å². The topological polar surface area (TPSA) is 176 Å². The van der Waals surface area contributed by atoms with Gasteiger partial charge in [0, 0.05) is 25.2 Å². The molecule has 2 atom stereocenters. The lowest BCUT2D eigenvalue weighted by Crippen LogP contribution is -2.52. The lowest BCUT2D eigenvalue weighted by Gasteiger charge is -2.31. The van der Waals surface area contributed by atoms with Gasteiger partial charge in [0.15, 0.2) is 29.6 Å². The molecule has 0 bridgehead atoms. The van der Waals surface area contributed by atoms with Gasteiger partial charge in [-0.25, -0.2) is 8.42 Å². The Labute approximate surface area is 314 Å². The van der Waals surface area contributed by atoms with Crippen molar-refractivity contribution >= 4 is 26.0 Å². The van der Waals surface area contributed by atoms with Gasteiger partial charge in [0.05, 0.1) is 17.0 Å². The Hall–Kier alpha value is -5.03. The number of aryl methyl sites for hydroxylation is 2. The summed E-state index contributed by atoms with van der Waals surface area (Å²) in [7, 11) is -8.36. The first-order valence-corrected chi connectivity index (χ1v) is 20.0. The molecule has 2 aliphatic rings. The number of fused-ring (bicyclic) bond motifs is 2. The molecule has 0 saturated carbocycles. The molecule has 0 aliphatic carbocycles. The van der Waals surface area contributed by atoms with Crippen LogP contribution in [-0.4, -0.2) is 77.6 Å². The zero-order chi connectivity index (χ0) is 38.6. The van der Waals surface area contributed by atoms with Crippen molar-refractivity contribution in [1.82, 2.24) is 9.62 Å². The Balaban J connectivity index is 1.21. The number of carbonyl (C=O) groups is 1. The molecule has 4 aromatic rings. The summed E-state index contributed by atoms with van der Waals surface area (Å²) < 4.78 is 87.7. The van der Waals surface area contributed by atoms with Crippen LogP contribution in [0.25, 0.3) is 0 Å². The number of amides is 1. The van der Waals surface area contributed by atoms with Gasteiger partial charge in [-0.3, -0.25) is 4.79 Å². The number of rotatable bonds is 16. The zero-order valence-corrected chi connectivity index (χ0v) is 31.8. The minimum absolute atomic E-state index is 0.0118. The maximum absolute atomic E-state index is 14.0. The van der Waals surface area contributed by atoms with E-state index in [-0.39, 0.29) is 66.9 Å². The second kappa shape index (κ2) is 16.1. The molecule has 0 unspecified atom stereocenters. The third-order valence-electron chi connectivity index (χ3n) is 8.73. The van der Waals surface area contributed by atoms with Crippen LogP contribution < -0.4 is 33.2 Å². The Kier molecular flexibility index (Phi) is 11.6. The van der Waals surface area contributed by atoms with E-state index >= 15 is 0 Å². The zero-order valence-electron chi connectivity index (χ0n) is 30.2. The smallest absolute Gasteiger partial charge is 0.339 e. The summed E-state index contributed by atoms with van der Waals surface area (Å²) >= 11 is 0. The third-order valence-corrected chi connectivity index (χ3v) is 11.8. The molecule has 2 heterocycles. The molecule has 2 aliphatic heterocycles. The summed E-state index contributed by atoms with van der Waals surface area (Å²) in [5.41, 5.74) is 2.29. The van der Waals surface area contributed by atoms with E-state index in [2.05, 4.69) is 5.32 Å². The SMILES string of the molecule is Cc1cccc(C)c1OCC(=O)N[C@@H](Cc1ccc(OS(=O)(=O)c2ccc3c(c2)OCO3)cc1)[C@H](O)CN(CC(C)C)S(=O)(=O)c1ccc2c(c1)OCO2. The highest BCUT2D eigenvalue weighted by atomic mass is 32.2. The highest BCUT2D eigenvalue weighted by molar-refractivity contribution is 7.89. The number of aliphatic hydroxyl groups excluding tert-OH is 1. The van der Waals surface area contributed by atoms with Crippen molar-refractivity contribution in [3.05, 3.63) is 95.6 Å². The fourth-order valence-corrected chi connectivity index (χ4v) is 8.62. The molecule has 0 aromatic heterocycles. The van der Waals surface area contributed by atoms with Crippen LogP contribution in [0.4, 0.5) is 0 Å². The summed E-state index contributed by atoms with van der Waals surface area (Å²) in [6, 6.07) is 19.2. The van der Waals surface area contributed by atoms with Crippen molar-refractivity contribution in [3.8, 4) is 34.5 Å². The van der Waals surface area contributed by atoms with Gasteiger partial charge in [-0.05, 0) is 79.3 Å². The van der Waals surface area contributed by atoms with Crippen molar-refractivity contribution in [3.63, 3.8) is 0 Å². The monoisotopic (exact) mass is 782 g/mol. The van der Waals surface area contributed by atoms with Gasteiger partial charge in [-0.15, -0.1) is 0 Å². The molecule has 14 nitrogen and oxygen atoms in total. The fraction of sp³-hybridized carbons (Fsp3) is 0.342. The van der Waals surface area contributed by atoms with Gasteiger partial charge in [0.2, 0.25) is 23.6 Å². The lowest BCUT2D eigenvalue weighted by atomic mass is 10.0. The molecule has 1 amide bonds. The Bertz CT molecular complexity index is 2190. The maximum atomic E-state index is 14.0. The van der Waals surface area contributed by atoms with Crippen LogP contribution in [0.15, 0.2) is 88.7 Å². The predicted octanol–water partition coefficient (Wildman–Crippen LogP) is 4.34. The van der Waals surface area contributed by atoms with E-state index in [1.54, 1.807) is 12.1 Å². The Morgan fingerprint density at radius 2 is 1.37 bits per heavy atom. The van der Waals surface area contributed by atoms with Crippen molar-refractivity contribution in [2.24, 2.45) is 5.92 Å². The van der Waals surface area contributed by atoms with E-state index < -0.39 is 38.2 Å². The first-order valence-electron chi connectivity index (χ1n) is 17.2. The number of carbonyl (C=O) groups excluding carboxylic acids is 1. The van der Waals surface area contributed by atoms with E-state index in [9.17, 15) is 26.7 Å². The molecule has 2 N–H and O–H groups in total. The summed E-state index contributed by atoms with van der Waals surface area (Å²) in [6.07, 6.45) is -1.34. The van der Waals surface area contributed by atoms with Crippen LogP contribution in [0, 0.1) is 19.8 Å².